The van der Waals surface area contributed by atoms with E-state index in [9.17, 15) is 13.2 Å². The first-order valence-corrected chi connectivity index (χ1v) is 10.0. The Hall–Kier alpha value is -2.38. The zero-order valence-electron chi connectivity index (χ0n) is 14.7. The molecule has 0 saturated heterocycles. The van der Waals surface area contributed by atoms with Gasteiger partial charge in [-0.15, -0.1) is 0 Å². The summed E-state index contributed by atoms with van der Waals surface area (Å²) in [4.78, 5) is 12.1. The highest BCUT2D eigenvalue weighted by Gasteiger charge is 2.21. The molecule has 26 heavy (non-hydrogen) atoms. The Labute approximate surface area is 158 Å². The number of nitrogens with one attached hydrogen (secondary N) is 1. The van der Waals surface area contributed by atoms with E-state index in [0.717, 1.165) is 21.7 Å². The first-order chi connectivity index (χ1) is 12.2. The Morgan fingerprint density at radius 2 is 1.88 bits per heavy atom. The van der Waals surface area contributed by atoms with Gasteiger partial charge in [-0.3, -0.25) is 9.10 Å². The fraction of sp³-hybridized carbons (Fsp3) is 0.222. The monoisotopic (exact) mass is 393 g/mol. The van der Waals surface area contributed by atoms with Crippen molar-refractivity contribution < 1.29 is 13.2 Å². The molecule has 0 atom stereocenters. The summed E-state index contributed by atoms with van der Waals surface area (Å²) in [6, 6.07) is 12.2. The largest absolute Gasteiger partial charge is 0.271 e. The number of aryl methyl sites for hydroxylation is 2. The Bertz CT molecular complexity index is 942. The van der Waals surface area contributed by atoms with Crippen LogP contribution in [-0.4, -0.2) is 33.3 Å². The molecule has 0 aliphatic heterocycles. The van der Waals surface area contributed by atoms with E-state index < -0.39 is 15.9 Å². The Balaban J connectivity index is 2.12. The van der Waals surface area contributed by atoms with Crippen molar-refractivity contribution in [2.45, 2.75) is 13.8 Å². The predicted molar refractivity (Wildman–Crippen MR) is 105 cm³/mol. The molecule has 0 fully saturated rings. The number of carbonyl (C=O) groups is 1. The summed E-state index contributed by atoms with van der Waals surface area (Å²) in [5.41, 5.74) is 5.37. The molecule has 0 bridgehead atoms. The zero-order valence-corrected chi connectivity index (χ0v) is 16.3. The molecule has 0 saturated carbocycles. The molecule has 8 heteroatoms. The second kappa shape index (κ2) is 8.33. The van der Waals surface area contributed by atoms with Gasteiger partial charge in [0.2, 0.25) is 10.0 Å². The molecule has 0 unspecified atom stereocenters. The van der Waals surface area contributed by atoms with Gasteiger partial charge in [-0.1, -0.05) is 35.9 Å². The molecular formula is C18H20ClN3O3S. The maximum Gasteiger partial charge on any atom is 0.260 e. The fourth-order valence-corrected chi connectivity index (χ4v) is 3.23. The quantitative estimate of drug-likeness (QED) is 0.605. The van der Waals surface area contributed by atoms with Crippen molar-refractivity contribution in [2.24, 2.45) is 5.10 Å². The van der Waals surface area contributed by atoms with E-state index in [4.69, 9.17) is 11.6 Å². The molecule has 0 aliphatic rings. The van der Waals surface area contributed by atoms with Gasteiger partial charge < -0.3 is 0 Å². The number of rotatable bonds is 6. The summed E-state index contributed by atoms with van der Waals surface area (Å²) < 4.78 is 25.2. The van der Waals surface area contributed by atoms with Gasteiger partial charge in [-0.05, 0) is 43.2 Å². The second-order valence-corrected chi connectivity index (χ2v) is 8.17. The van der Waals surface area contributed by atoms with Crippen molar-refractivity contribution in [3.05, 3.63) is 64.2 Å². The highest BCUT2D eigenvalue weighted by atomic mass is 35.5. The minimum atomic E-state index is -3.63. The van der Waals surface area contributed by atoms with Crippen LogP contribution in [0, 0.1) is 13.8 Å². The standard InChI is InChI=1S/C18H20ClN3O3S/c1-13-8-9-16(10-14(13)2)22(26(3,24)25)12-18(23)21-20-11-15-6-4-5-7-17(15)19/h4-11H,12H2,1-3H3,(H,21,23)/b20-11-. The lowest BCUT2D eigenvalue weighted by Crippen LogP contribution is -2.39. The highest BCUT2D eigenvalue weighted by molar-refractivity contribution is 7.92. The molecule has 2 aromatic carbocycles. The number of hydrogen-bond donors (Lipinski definition) is 1. The summed E-state index contributed by atoms with van der Waals surface area (Å²) >= 11 is 6.00. The third kappa shape index (κ3) is 5.31. The maximum atomic E-state index is 12.1. The van der Waals surface area contributed by atoms with Crippen molar-refractivity contribution in [3.63, 3.8) is 0 Å². The lowest BCUT2D eigenvalue weighted by atomic mass is 10.1. The van der Waals surface area contributed by atoms with E-state index in [1.165, 1.54) is 6.21 Å². The van der Waals surface area contributed by atoms with Gasteiger partial charge in [0.1, 0.15) is 6.54 Å². The van der Waals surface area contributed by atoms with Crippen molar-refractivity contribution in [1.82, 2.24) is 5.43 Å². The van der Waals surface area contributed by atoms with Crippen molar-refractivity contribution in [1.29, 1.82) is 0 Å². The first kappa shape index (κ1) is 19.9. The SMILES string of the molecule is Cc1ccc(N(CC(=O)N/N=C\c2ccccc2Cl)S(C)(=O)=O)cc1C. The normalized spacial score (nSPS) is 11.5. The number of halogens is 1. The van der Waals surface area contributed by atoms with Crippen LogP contribution >= 0.6 is 11.6 Å². The molecular weight excluding hydrogens is 374 g/mol. The van der Waals surface area contributed by atoms with Gasteiger partial charge in [0, 0.05) is 10.6 Å². The Morgan fingerprint density at radius 3 is 2.50 bits per heavy atom. The smallest absolute Gasteiger partial charge is 0.260 e. The van der Waals surface area contributed by atoms with Gasteiger partial charge >= 0.3 is 0 Å². The molecule has 0 aliphatic carbocycles. The second-order valence-electron chi connectivity index (χ2n) is 5.85. The van der Waals surface area contributed by atoms with Crippen LogP contribution in [0.1, 0.15) is 16.7 Å². The molecule has 0 aromatic heterocycles. The molecule has 1 amide bonds. The van der Waals surface area contributed by atoms with Gasteiger partial charge in [0.05, 0.1) is 18.2 Å². The number of sulfonamides is 1. The number of nitrogens with zero attached hydrogens (tertiary/aromatic N) is 2. The van der Waals surface area contributed by atoms with Crippen LogP contribution in [0.2, 0.25) is 5.02 Å². The summed E-state index contributed by atoms with van der Waals surface area (Å²) in [5.74, 6) is -0.558. The lowest BCUT2D eigenvalue weighted by Gasteiger charge is -2.22. The summed E-state index contributed by atoms with van der Waals surface area (Å²) in [7, 11) is -3.63. The summed E-state index contributed by atoms with van der Waals surface area (Å²) in [6.45, 7) is 3.44. The third-order valence-electron chi connectivity index (χ3n) is 3.76. The van der Waals surface area contributed by atoms with Crippen molar-refractivity contribution >= 4 is 39.4 Å². The highest BCUT2D eigenvalue weighted by Crippen LogP contribution is 2.21. The average Bonchev–Trinajstić information content (AvgIpc) is 2.56. The third-order valence-corrected chi connectivity index (χ3v) is 5.25. The van der Waals surface area contributed by atoms with Crippen molar-refractivity contribution in [2.75, 3.05) is 17.1 Å². The molecule has 0 radical (unpaired) electrons. The van der Waals surface area contributed by atoms with Gasteiger partial charge in [0.25, 0.3) is 5.91 Å². The number of hydrogen-bond acceptors (Lipinski definition) is 4. The van der Waals surface area contributed by atoms with E-state index in [2.05, 4.69) is 10.5 Å². The molecule has 0 spiro atoms. The van der Waals surface area contributed by atoms with Crippen LogP contribution in [0.3, 0.4) is 0 Å². The summed E-state index contributed by atoms with van der Waals surface area (Å²) in [5, 5.41) is 4.33. The molecule has 2 rings (SSSR count). The van der Waals surface area contributed by atoms with Crippen LogP contribution < -0.4 is 9.73 Å². The molecule has 2 aromatic rings. The number of hydrazone groups is 1. The number of carbonyl (C=O) groups excluding carboxylic acids is 1. The van der Waals surface area contributed by atoms with Crippen LogP contribution in [0.5, 0.6) is 0 Å². The number of anilines is 1. The lowest BCUT2D eigenvalue weighted by molar-refractivity contribution is -0.119. The Kier molecular flexibility index (Phi) is 6.39. The van der Waals surface area contributed by atoms with Gasteiger partial charge in [-0.2, -0.15) is 5.10 Å². The Morgan fingerprint density at radius 1 is 1.19 bits per heavy atom. The van der Waals surface area contributed by atoms with Crippen LogP contribution in [0.4, 0.5) is 5.69 Å². The van der Waals surface area contributed by atoms with Crippen LogP contribution in [-0.2, 0) is 14.8 Å². The van der Waals surface area contributed by atoms with E-state index >= 15 is 0 Å². The molecule has 1 N–H and O–H groups in total. The van der Waals surface area contributed by atoms with Crippen LogP contribution in [0.15, 0.2) is 47.6 Å². The predicted octanol–water partition coefficient (Wildman–Crippen LogP) is 2.87. The van der Waals surface area contributed by atoms with E-state index in [0.29, 0.717) is 16.3 Å². The van der Waals surface area contributed by atoms with E-state index in [1.54, 1.807) is 36.4 Å². The molecule has 138 valence electrons. The average molecular weight is 394 g/mol. The minimum absolute atomic E-state index is 0.374. The topological polar surface area (TPSA) is 78.8 Å². The van der Waals surface area contributed by atoms with E-state index in [1.807, 2.05) is 19.9 Å². The first-order valence-electron chi connectivity index (χ1n) is 7.80. The summed E-state index contributed by atoms with van der Waals surface area (Å²) in [6.07, 6.45) is 2.46. The van der Waals surface area contributed by atoms with E-state index in [-0.39, 0.29) is 6.54 Å². The fourth-order valence-electron chi connectivity index (χ4n) is 2.20. The minimum Gasteiger partial charge on any atom is -0.271 e. The number of benzene rings is 2. The number of amides is 1. The zero-order chi connectivity index (χ0) is 19.3. The van der Waals surface area contributed by atoms with Crippen LogP contribution in [0.25, 0.3) is 0 Å². The van der Waals surface area contributed by atoms with Gasteiger partial charge in [-0.25, -0.2) is 13.8 Å². The van der Waals surface area contributed by atoms with Crippen molar-refractivity contribution in [3.8, 4) is 0 Å². The molecule has 6 nitrogen and oxygen atoms in total. The maximum absolute atomic E-state index is 12.1. The molecule has 0 heterocycles. The van der Waals surface area contributed by atoms with Gasteiger partial charge in [0.15, 0.2) is 0 Å².